The van der Waals surface area contributed by atoms with Gasteiger partial charge in [0.1, 0.15) is 17.5 Å². The molecule has 4 N–H and O–H groups in total. The summed E-state index contributed by atoms with van der Waals surface area (Å²) in [6, 6.07) is 1.85. The van der Waals surface area contributed by atoms with Gasteiger partial charge in [0, 0.05) is 25.6 Å². The highest BCUT2D eigenvalue weighted by Gasteiger charge is 2.28. The van der Waals surface area contributed by atoms with Gasteiger partial charge in [0.2, 0.25) is 0 Å². The zero-order valence-electron chi connectivity index (χ0n) is 11.8. The molecule has 19 heavy (non-hydrogen) atoms. The van der Waals surface area contributed by atoms with E-state index in [4.69, 9.17) is 5.84 Å². The summed E-state index contributed by atoms with van der Waals surface area (Å²) < 4.78 is 0. The average Bonchev–Trinajstić information content (AvgIpc) is 2.36. The van der Waals surface area contributed by atoms with Crippen LogP contribution in [0.4, 0.5) is 11.6 Å². The highest BCUT2D eigenvalue weighted by Crippen LogP contribution is 2.29. The monoisotopic (exact) mass is 265 g/mol. The number of nitrogens with zero attached hydrogens (tertiary/aromatic N) is 3. The molecule has 106 valence electrons. The van der Waals surface area contributed by atoms with E-state index in [0.717, 1.165) is 31.0 Å². The minimum atomic E-state index is -0.115. The molecule has 0 amide bonds. The van der Waals surface area contributed by atoms with Crippen molar-refractivity contribution in [2.75, 3.05) is 23.9 Å². The minimum absolute atomic E-state index is 0.115. The van der Waals surface area contributed by atoms with Gasteiger partial charge in [-0.05, 0) is 18.8 Å². The molecule has 1 aliphatic rings. The summed E-state index contributed by atoms with van der Waals surface area (Å²) in [5.41, 5.74) is 2.59. The van der Waals surface area contributed by atoms with Gasteiger partial charge in [-0.1, -0.05) is 13.8 Å². The maximum Gasteiger partial charge on any atom is 0.145 e. The number of hydrogen-bond donors (Lipinski definition) is 3. The SMILES string of the molecule is CC(C)c1nc(NN)cc(N(C)CC2CC(O)C2)n1. The number of aliphatic hydroxyl groups excluding tert-OH is 1. The molecule has 1 fully saturated rings. The molecule has 1 aromatic rings. The molecule has 0 bridgehead atoms. The van der Waals surface area contributed by atoms with Crippen LogP contribution < -0.4 is 16.2 Å². The molecule has 1 saturated carbocycles. The van der Waals surface area contributed by atoms with E-state index in [-0.39, 0.29) is 12.0 Å². The van der Waals surface area contributed by atoms with E-state index in [9.17, 15) is 5.11 Å². The maximum absolute atomic E-state index is 9.33. The first-order chi connectivity index (χ1) is 8.99. The number of nitrogens with one attached hydrogen (secondary N) is 1. The molecule has 1 aliphatic carbocycles. The smallest absolute Gasteiger partial charge is 0.145 e. The Morgan fingerprint density at radius 1 is 1.47 bits per heavy atom. The van der Waals surface area contributed by atoms with Crippen LogP contribution in [-0.4, -0.2) is 34.8 Å². The number of nitrogens with two attached hydrogens (primary N) is 1. The Morgan fingerprint density at radius 3 is 2.68 bits per heavy atom. The molecular weight excluding hydrogens is 242 g/mol. The highest BCUT2D eigenvalue weighted by molar-refractivity contribution is 5.48. The lowest BCUT2D eigenvalue weighted by Crippen LogP contribution is -2.37. The lowest BCUT2D eigenvalue weighted by molar-refractivity contribution is 0.0464. The van der Waals surface area contributed by atoms with Crippen molar-refractivity contribution in [3.05, 3.63) is 11.9 Å². The van der Waals surface area contributed by atoms with Crippen LogP contribution in [0.5, 0.6) is 0 Å². The third-order valence-corrected chi connectivity index (χ3v) is 3.53. The fourth-order valence-electron chi connectivity index (χ4n) is 2.31. The number of hydrogen-bond acceptors (Lipinski definition) is 6. The van der Waals surface area contributed by atoms with Gasteiger partial charge in [0.25, 0.3) is 0 Å². The van der Waals surface area contributed by atoms with Gasteiger partial charge >= 0.3 is 0 Å². The van der Waals surface area contributed by atoms with Gasteiger partial charge < -0.3 is 15.4 Å². The van der Waals surface area contributed by atoms with Crippen molar-refractivity contribution in [3.63, 3.8) is 0 Å². The van der Waals surface area contributed by atoms with E-state index in [1.165, 1.54) is 0 Å². The zero-order chi connectivity index (χ0) is 14.0. The van der Waals surface area contributed by atoms with E-state index < -0.39 is 0 Å². The summed E-state index contributed by atoms with van der Waals surface area (Å²) in [5.74, 6) is 8.54. The molecule has 2 rings (SSSR count). The van der Waals surface area contributed by atoms with Crippen molar-refractivity contribution in [3.8, 4) is 0 Å². The molecule has 0 aliphatic heterocycles. The quantitative estimate of drug-likeness (QED) is 0.546. The van der Waals surface area contributed by atoms with Crippen LogP contribution in [0.1, 0.15) is 38.4 Å². The Balaban J connectivity index is 2.11. The molecular formula is C13H23N5O. The lowest BCUT2D eigenvalue weighted by Gasteiger charge is -2.35. The predicted octanol–water partition coefficient (Wildman–Crippen LogP) is 1.09. The Labute approximate surface area is 114 Å². The summed E-state index contributed by atoms with van der Waals surface area (Å²) in [6.07, 6.45) is 1.65. The van der Waals surface area contributed by atoms with E-state index in [1.807, 2.05) is 13.1 Å². The van der Waals surface area contributed by atoms with E-state index in [1.54, 1.807) is 0 Å². The van der Waals surface area contributed by atoms with E-state index in [0.29, 0.717) is 11.7 Å². The second-order valence-electron chi connectivity index (χ2n) is 5.64. The fraction of sp³-hybridized carbons (Fsp3) is 0.692. The van der Waals surface area contributed by atoms with Gasteiger partial charge in [0.15, 0.2) is 0 Å². The third kappa shape index (κ3) is 3.33. The number of aliphatic hydroxyl groups is 1. The van der Waals surface area contributed by atoms with Gasteiger partial charge in [-0.2, -0.15) is 0 Å². The molecule has 0 atom stereocenters. The topological polar surface area (TPSA) is 87.3 Å². The second kappa shape index (κ2) is 5.71. The molecule has 0 aromatic carbocycles. The number of aromatic nitrogens is 2. The minimum Gasteiger partial charge on any atom is -0.393 e. The Bertz CT molecular complexity index is 431. The van der Waals surface area contributed by atoms with Crippen LogP contribution >= 0.6 is 0 Å². The van der Waals surface area contributed by atoms with Crippen LogP contribution in [-0.2, 0) is 0 Å². The van der Waals surface area contributed by atoms with Gasteiger partial charge in [-0.3, -0.25) is 0 Å². The maximum atomic E-state index is 9.33. The Kier molecular flexibility index (Phi) is 4.21. The average molecular weight is 265 g/mol. The first-order valence-corrected chi connectivity index (χ1v) is 6.74. The summed E-state index contributed by atoms with van der Waals surface area (Å²) in [5, 5.41) is 9.33. The van der Waals surface area contributed by atoms with Crippen LogP contribution in [0.25, 0.3) is 0 Å². The van der Waals surface area contributed by atoms with Crippen LogP contribution in [0.15, 0.2) is 6.07 Å². The Hall–Kier alpha value is -1.40. The molecule has 0 saturated heterocycles. The molecule has 6 nitrogen and oxygen atoms in total. The van der Waals surface area contributed by atoms with Crippen molar-refractivity contribution in [2.45, 2.75) is 38.7 Å². The number of anilines is 2. The Morgan fingerprint density at radius 2 is 2.16 bits per heavy atom. The van der Waals surface area contributed by atoms with Crippen LogP contribution in [0.2, 0.25) is 0 Å². The normalized spacial score (nSPS) is 22.2. The summed E-state index contributed by atoms with van der Waals surface area (Å²) in [6.45, 7) is 5.01. The predicted molar refractivity (Wildman–Crippen MR) is 75.9 cm³/mol. The molecule has 0 radical (unpaired) electrons. The van der Waals surface area contributed by atoms with Crippen molar-refractivity contribution < 1.29 is 5.11 Å². The molecule has 6 heteroatoms. The second-order valence-corrected chi connectivity index (χ2v) is 5.64. The molecule has 0 unspecified atom stereocenters. The number of hydrazine groups is 1. The van der Waals surface area contributed by atoms with Crippen LogP contribution in [0, 0.1) is 5.92 Å². The largest absolute Gasteiger partial charge is 0.393 e. The summed E-state index contributed by atoms with van der Waals surface area (Å²) in [4.78, 5) is 11.0. The van der Waals surface area contributed by atoms with Crippen molar-refractivity contribution in [2.24, 2.45) is 11.8 Å². The molecule has 1 aromatic heterocycles. The molecule has 1 heterocycles. The van der Waals surface area contributed by atoms with Gasteiger partial charge in [-0.25, -0.2) is 15.8 Å². The van der Waals surface area contributed by atoms with E-state index in [2.05, 4.69) is 34.1 Å². The zero-order valence-corrected chi connectivity index (χ0v) is 11.8. The van der Waals surface area contributed by atoms with Crippen molar-refractivity contribution in [1.29, 1.82) is 0 Å². The third-order valence-electron chi connectivity index (χ3n) is 3.53. The fourth-order valence-corrected chi connectivity index (χ4v) is 2.31. The van der Waals surface area contributed by atoms with E-state index >= 15 is 0 Å². The summed E-state index contributed by atoms with van der Waals surface area (Å²) >= 11 is 0. The number of nitrogen functional groups attached to an aromatic ring is 1. The highest BCUT2D eigenvalue weighted by atomic mass is 16.3. The van der Waals surface area contributed by atoms with Crippen molar-refractivity contribution >= 4 is 11.6 Å². The lowest BCUT2D eigenvalue weighted by atomic mass is 9.82. The van der Waals surface area contributed by atoms with Gasteiger partial charge in [-0.15, -0.1) is 0 Å². The molecule has 0 spiro atoms. The van der Waals surface area contributed by atoms with Crippen LogP contribution in [0.3, 0.4) is 0 Å². The first kappa shape index (κ1) is 14.0. The standard InChI is InChI=1S/C13H23N5O/c1-8(2)13-15-11(17-14)6-12(16-13)18(3)7-9-4-10(19)5-9/h6,8-10,19H,4-5,7,14H2,1-3H3,(H,15,16,17). The number of rotatable bonds is 5. The van der Waals surface area contributed by atoms with Crippen molar-refractivity contribution in [1.82, 2.24) is 9.97 Å². The van der Waals surface area contributed by atoms with Gasteiger partial charge in [0.05, 0.1) is 6.10 Å². The summed E-state index contributed by atoms with van der Waals surface area (Å²) in [7, 11) is 2.01. The first-order valence-electron chi connectivity index (χ1n) is 6.74.